The highest BCUT2D eigenvalue weighted by Crippen LogP contribution is 2.61. The molecule has 29 heavy (non-hydrogen) atoms. The number of carboxylic acid groups (broad SMARTS) is 1. The van der Waals surface area contributed by atoms with Crippen LogP contribution in [0.4, 0.5) is 5.13 Å². The standard InChI is InChI=1S/C20H27N3O2S.CH2O2/c1-11-17(20-7-12-4-13(8-20)6-14(5-12)9-20)22-19(26-11)23-18(25)15-2-3-16(24)21-10-15;2-1-3/h12-15H,2-10H2,1H3,(H,21,24)(H,22,23,25);1H,(H,2,3). The summed E-state index contributed by atoms with van der Waals surface area (Å²) >= 11 is 1.63. The van der Waals surface area contributed by atoms with E-state index in [0.717, 1.165) is 22.9 Å². The summed E-state index contributed by atoms with van der Waals surface area (Å²) in [7, 11) is 0. The van der Waals surface area contributed by atoms with Gasteiger partial charge >= 0.3 is 0 Å². The van der Waals surface area contributed by atoms with Crippen molar-refractivity contribution >= 4 is 34.8 Å². The van der Waals surface area contributed by atoms with Gasteiger partial charge in [-0.2, -0.15) is 0 Å². The minimum atomic E-state index is -0.250. The van der Waals surface area contributed by atoms with Gasteiger partial charge in [-0.3, -0.25) is 14.4 Å². The minimum Gasteiger partial charge on any atom is -0.483 e. The number of hydrogen-bond donors (Lipinski definition) is 3. The van der Waals surface area contributed by atoms with Crippen LogP contribution in [0.1, 0.15) is 61.9 Å². The Hall–Kier alpha value is -1.96. The molecule has 1 saturated heterocycles. The van der Waals surface area contributed by atoms with Crippen molar-refractivity contribution in [3.8, 4) is 0 Å². The number of carbonyl (C=O) groups is 3. The summed E-state index contributed by atoms with van der Waals surface area (Å²) in [6, 6.07) is 0. The molecule has 4 aliphatic carbocycles. The molecule has 3 N–H and O–H groups in total. The molecule has 4 saturated carbocycles. The summed E-state index contributed by atoms with van der Waals surface area (Å²) in [5.74, 6) is 2.59. The van der Waals surface area contributed by atoms with Gasteiger partial charge < -0.3 is 15.7 Å². The Kier molecular flexibility index (Phi) is 5.64. The quantitative estimate of drug-likeness (QED) is 0.653. The van der Waals surface area contributed by atoms with Crippen molar-refractivity contribution in [3.05, 3.63) is 10.6 Å². The van der Waals surface area contributed by atoms with Crippen LogP contribution < -0.4 is 10.6 Å². The number of nitrogens with one attached hydrogen (secondary N) is 2. The van der Waals surface area contributed by atoms with Gasteiger partial charge in [0.1, 0.15) is 0 Å². The van der Waals surface area contributed by atoms with Crippen molar-refractivity contribution in [3.63, 3.8) is 0 Å². The number of hydrogen-bond acceptors (Lipinski definition) is 5. The van der Waals surface area contributed by atoms with Crippen LogP contribution >= 0.6 is 11.3 Å². The fraction of sp³-hybridized carbons (Fsp3) is 0.714. The Morgan fingerprint density at radius 2 is 1.83 bits per heavy atom. The molecule has 4 bridgehead atoms. The Morgan fingerprint density at radius 1 is 1.24 bits per heavy atom. The van der Waals surface area contributed by atoms with E-state index < -0.39 is 0 Å². The molecule has 5 fully saturated rings. The van der Waals surface area contributed by atoms with Crippen LogP contribution in [0.3, 0.4) is 0 Å². The number of thiazole rings is 1. The summed E-state index contributed by atoms with van der Waals surface area (Å²) in [4.78, 5) is 38.4. The molecule has 0 aromatic carbocycles. The fourth-order valence-electron chi connectivity index (χ4n) is 6.51. The molecule has 158 valence electrons. The van der Waals surface area contributed by atoms with E-state index in [-0.39, 0.29) is 29.6 Å². The molecule has 0 radical (unpaired) electrons. The largest absolute Gasteiger partial charge is 0.483 e. The Bertz CT molecular complexity index is 761. The number of anilines is 1. The predicted octanol–water partition coefficient (Wildman–Crippen LogP) is 3.08. The van der Waals surface area contributed by atoms with E-state index in [0.29, 0.717) is 19.4 Å². The van der Waals surface area contributed by atoms with Crippen LogP contribution in [-0.4, -0.2) is 34.9 Å². The average Bonchev–Trinajstić information content (AvgIpc) is 3.03. The zero-order chi connectivity index (χ0) is 20.6. The third kappa shape index (κ3) is 4.04. The Labute approximate surface area is 174 Å². The topological polar surface area (TPSA) is 108 Å². The molecular formula is C21H29N3O4S. The van der Waals surface area contributed by atoms with E-state index in [1.165, 1.54) is 49.1 Å². The van der Waals surface area contributed by atoms with E-state index in [9.17, 15) is 9.59 Å². The third-order valence-corrected chi connectivity index (χ3v) is 8.09. The molecule has 5 aliphatic rings. The maximum absolute atomic E-state index is 12.5. The number of carbonyl (C=O) groups excluding carboxylic acids is 2. The molecule has 1 unspecified atom stereocenters. The van der Waals surface area contributed by atoms with Gasteiger partial charge in [0.2, 0.25) is 11.8 Å². The molecule has 8 heteroatoms. The number of amides is 2. The number of aromatic nitrogens is 1. The minimum absolute atomic E-state index is 0.00388. The monoisotopic (exact) mass is 419 g/mol. The first-order valence-electron chi connectivity index (χ1n) is 10.6. The van der Waals surface area contributed by atoms with E-state index in [1.807, 2.05) is 0 Å². The lowest BCUT2D eigenvalue weighted by molar-refractivity contribution is -0.126. The zero-order valence-corrected chi connectivity index (χ0v) is 17.6. The lowest BCUT2D eigenvalue weighted by Gasteiger charge is -2.56. The molecule has 2 amide bonds. The normalized spacial score (nSPS) is 34.7. The lowest BCUT2D eigenvalue weighted by Crippen LogP contribution is -2.49. The first-order valence-corrected chi connectivity index (χ1v) is 11.4. The third-order valence-electron chi connectivity index (χ3n) is 7.20. The molecule has 7 nitrogen and oxygen atoms in total. The van der Waals surface area contributed by atoms with Crippen LogP contribution in [0.15, 0.2) is 0 Å². The van der Waals surface area contributed by atoms with E-state index in [2.05, 4.69) is 17.6 Å². The molecule has 1 aromatic heterocycles. The van der Waals surface area contributed by atoms with Crippen molar-refractivity contribution in [2.75, 3.05) is 11.9 Å². The number of piperidine rings is 1. The maximum atomic E-state index is 12.5. The van der Waals surface area contributed by atoms with Crippen LogP contribution in [0, 0.1) is 30.6 Å². The number of rotatable bonds is 3. The highest BCUT2D eigenvalue weighted by atomic mass is 32.1. The van der Waals surface area contributed by atoms with Gasteiger partial charge in [0, 0.05) is 23.3 Å². The first kappa shape index (κ1) is 20.3. The van der Waals surface area contributed by atoms with Crippen LogP contribution in [0.25, 0.3) is 0 Å². The SMILES string of the molecule is Cc1sc(NC(=O)C2CCC(=O)NC2)nc1C12CC3CC(CC(C3)C1)C2.O=CO. The maximum Gasteiger partial charge on any atom is 0.290 e. The van der Waals surface area contributed by atoms with Gasteiger partial charge in [-0.1, -0.05) is 0 Å². The summed E-state index contributed by atoms with van der Waals surface area (Å²) in [5, 5.41) is 13.5. The van der Waals surface area contributed by atoms with Crippen molar-refractivity contribution < 1.29 is 19.5 Å². The van der Waals surface area contributed by atoms with Gasteiger partial charge in [0.05, 0.1) is 11.6 Å². The summed E-state index contributed by atoms with van der Waals surface area (Å²) in [6.45, 7) is 2.36. The number of aryl methyl sites for hydroxylation is 1. The lowest BCUT2D eigenvalue weighted by atomic mass is 9.48. The highest BCUT2D eigenvalue weighted by molar-refractivity contribution is 7.15. The van der Waals surface area contributed by atoms with E-state index in [1.54, 1.807) is 11.3 Å². The molecule has 0 spiro atoms. The van der Waals surface area contributed by atoms with E-state index in [4.69, 9.17) is 14.9 Å². The predicted molar refractivity (Wildman–Crippen MR) is 110 cm³/mol. The first-order chi connectivity index (χ1) is 13.9. The van der Waals surface area contributed by atoms with Crippen molar-refractivity contribution in [2.45, 2.75) is 63.7 Å². The molecule has 1 aliphatic heterocycles. The van der Waals surface area contributed by atoms with Gasteiger partial charge in [0.25, 0.3) is 6.47 Å². The Morgan fingerprint density at radius 3 is 2.34 bits per heavy atom. The van der Waals surface area contributed by atoms with Gasteiger partial charge in [-0.15, -0.1) is 11.3 Å². The molecule has 1 aromatic rings. The molecular weight excluding hydrogens is 390 g/mol. The second-order valence-corrected chi connectivity index (χ2v) is 10.5. The van der Waals surface area contributed by atoms with Gasteiger partial charge in [-0.25, -0.2) is 4.98 Å². The molecule has 1 atom stereocenters. The molecule has 6 rings (SSSR count). The second kappa shape index (κ2) is 8.05. The second-order valence-electron chi connectivity index (χ2n) is 9.26. The smallest absolute Gasteiger partial charge is 0.290 e. The summed E-state index contributed by atoms with van der Waals surface area (Å²) in [5.41, 5.74) is 1.55. The van der Waals surface area contributed by atoms with Gasteiger partial charge in [0.15, 0.2) is 5.13 Å². The van der Waals surface area contributed by atoms with E-state index >= 15 is 0 Å². The van der Waals surface area contributed by atoms with Crippen LogP contribution in [-0.2, 0) is 19.8 Å². The molecule has 2 heterocycles. The Balaban J connectivity index is 0.000000645. The highest BCUT2D eigenvalue weighted by Gasteiger charge is 2.53. The van der Waals surface area contributed by atoms with Crippen molar-refractivity contribution in [1.82, 2.24) is 10.3 Å². The van der Waals surface area contributed by atoms with Crippen LogP contribution in [0.2, 0.25) is 0 Å². The number of nitrogens with zero attached hydrogens (tertiary/aromatic N) is 1. The van der Waals surface area contributed by atoms with Crippen molar-refractivity contribution in [2.24, 2.45) is 23.7 Å². The average molecular weight is 420 g/mol. The van der Waals surface area contributed by atoms with Crippen molar-refractivity contribution in [1.29, 1.82) is 0 Å². The zero-order valence-electron chi connectivity index (χ0n) is 16.8. The van der Waals surface area contributed by atoms with Gasteiger partial charge in [-0.05, 0) is 69.6 Å². The van der Waals surface area contributed by atoms with Crippen LogP contribution in [0.5, 0.6) is 0 Å². The summed E-state index contributed by atoms with van der Waals surface area (Å²) in [6.07, 6.45) is 9.25. The fourth-order valence-corrected chi connectivity index (χ4v) is 7.44. The summed E-state index contributed by atoms with van der Waals surface area (Å²) < 4.78 is 0.